The summed E-state index contributed by atoms with van der Waals surface area (Å²) in [5, 5.41) is 0. The van der Waals surface area contributed by atoms with Crippen molar-refractivity contribution in [1.82, 2.24) is 0 Å². The molecule has 0 saturated heterocycles. The molecule has 2 aliphatic heterocycles. The molecule has 3 rings (SSSR count). The Morgan fingerprint density at radius 1 is 0.933 bits per heavy atom. The van der Waals surface area contributed by atoms with E-state index in [1.54, 1.807) is 16.8 Å². The van der Waals surface area contributed by atoms with Gasteiger partial charge in [-0.2, -0.15) is 0 Å². The highest BCUT2D eigenvalue weighted by Gasteiger charge is 2.25. The molecule has 0 unspecified atom stereocenters. The summed E-state index contributed by atoms with van der Waals surface area (Å²) in [5.74, 6) is 0. The van der Waals surface area contributed by atoms with E-state index in [4.69, 9.17) is 0 Å². The summed E-state index contributed by atoms with van der Waals surface area (Å²) in [6.45, 7) is 7.12. The van der Waals surface area contributed by atoms with E-state index in [1.165, 1.54) is 49.9 Å². The van der Waals surface area contributed by atoms with Gasteiger partial charge in [-0.15, -0.1) is 0 Å². The molecule has 1 nitrogen and oxygen atoms in total. The number of rotatable bonds is 0. The molecule has 1 heteroatoms. The average Bonchev–Trinajstić information content (AvgIpc) is 2.25. The SMILES string of the molecule is Cc1cc(C)c2c3c1CCCN3CCC2. The van der Waals surface area contributed by atoms with Crippen LogP contribution in [0.25, 0.3) is 0 Å². The molecule has 80 valence electrons. The van der Waals surface area contributed by atoms with Crippen molar-refractivity contribution in [3.63, 3.8) is 0 Å². The van der Waals surface area contributed by atoms with Gasteiger partial charge in [0.15, 0.2) is 0 Å². The third-order valence-electron chi connectivity index (χ3n) is 3.98. The highest BCUT2D eigenvalue weighted by atomic mass is 15.1. The number of anilines is 1. The Labute approximate surface area is 92.1 Å². The first-order chi connectivity index (χ1) is 7.27. The predicted octanol–water partition coefficient (Wildman–Crippen LogP) is 3.00. The molecule has 0 atom stereocenters. The van der Waals surface area contributed by atoms with Gasteiger partial charge in [-0.3, -0.25) is 0 Å². The average molecular weight is 201 g/mol. The summed E-state index contributed by atoms with van der Waals surface area (Å²) in [6.07, 6.45) is 5.28. The Morgan fingerprint density at radius 3 is 2.00 bits per heavy atom. The highest BCUT2D eigenvalue weighted by Crippen LogP contribution is 2.38. The van der Waals surface area contributed by atoms with Crippen molar-refractivity contribution in [2.24, 2.45) is 0 Å². The van der Waals surface area contributed by atoms with E-state index < -0.39 is 0 Å². The zero-order valence-electron chi connectivity index (χ0n) is 9.77. The van der Waals surface area contributed by atoms with Crippen LogP contribution in [0.15, 0.2) is 6.07 Å². The van der Waals surface area contributed by atoms with Crippen molar-refractivity contribution < 1.29 is 0 Å². The highest BCUT2D eigenvalue weighted by molar-refractivity contribution is 5.67. The first-order valence-corrected chi connectivity index (χ1v) is 6.14. The van der Waals surface area contributed by atoms with Gasteiger partial charge in [0.2, 0.25) is 0 Å². The van der Waals surface area contributed by atoms with Crippen LogP contribution < -0.4 is 4.90 Å². The second-order valence-corrected chi connectivity index (χ2v) is 5.01. The fourth-order valence-corrected chi connectivity index (χ4v) is 3.30. The van der Waals surface area contributed by atoms with Crippen molar-refractivity contribution >= 4 is 5.69 Å². The van der Waals surface area contributed by atoms with Crippen molar-refractivity contribution in [2.75, 3.05) is 18.0 Å². The number of aryl methyl sites for hydroxylation is 2. The quantitative estimate of drug-likeness (QED) is 0.623. The number of nitrogens with zero attached hydrogens (tertiary/aromatic N) is 1. The van der Waals surface area contributed by atoms with Crippen molar-refractivity contribution in [1.29, 1.82) is 0 Å². The molecule has 0 aromatic heterocycles. The second-order valence-electron chi connectivity index (χ2n) is 5.01. The topological polar surface area (TPSA) is 3.24 Å². The molecule has 0 fully saturated rings. The summed E-state index contributed by atoms with van der Waals surface area (Å²) < 4.78 is 0. The third kappa shape index (κ3) is 1.29. The number of benzene rings is 1. The maximum absolute atomic E-state index is 2.62. The molecule has 0 amide bonds. The molecule has 0 saturated carbocycles. The van der Waals surface area contributed by atoms with Crippen LogP contribution in [0.1, 0.15) is 35.1 Å². The molecule has 2 heterocycles. The lowest BCUT2D eigenvalue weighted by atomic mass is 9.86. The summed E-state index contributed by atoms with van der Waals surface area (Å²) in [4.78, 5) is 2.62. The first-order valence-electron chi connectivity index (χ1n) is 6.14. The van der Waals surface area contributed by atoms with Crippen LogP contribution in [-0.2, 0) is 12.8 Å². The lowest BCUT2D eigenvalue weighted by Crippen LogP contribution is -2.35. The van der Waals surface area contributed by atoms with E-state index >= 15 is 0 Å². The van der Waals surface area contributed by atoms with Crippen LogP contribution in [0.5, 0.6) is 0 Å². The Hall–Kier alpha value is -0.980. The molecular formula is C14H19N. The standard InChI is InChI=1S/C14H19N/c1-10-9-11(2)13-6-4-8-15-7-3-5-12(10)14(13)15/h9H,3-8H2,1-2H3. The van der Waals surface area contributed by atoms with Crippen molar-refractivity contribution in [2.45, 2.75) is 39.5 Å². The fraction of sp³-hybridized carbons (Fsp3) is 0.571. The van der Waals surface area contributed by atoms with Gasteiger partial charge in [0.25, 0.3) is 0 Å². The zero-order valence-corrected chi connectivity index (χ0v) is 9.77. The summed E-state index contributed by atoms with van der Waals surface area (Å²) in [5.41, 5.74) is 7.92. The van der Waals surface area contributed by atoms with E-state index in [9.17, 15) is 0 Å². The molecule has 0 aliphatic carbocycles. The Morgan fingerprint density at radius 2 is 1.47 bits per heavy atom. The number of hydrogen-bond donors (Lipinski definition) is 0. The summed E-state index contributed by atoms with van der Waals surface area (Å²) >= 11 is 0. The Bertz CT molecular complexity index is 372. The van der Waals surface area contributed by atoms with Crippen LogP contribution >= 0.6 is 0 Å². The van der Waals surface area contributed by atoms with E-state index in [-0.39, 0.29) is 0 Å². The zero-order chi connectivity index (χ0) is 10.4. The minimum Gasteiger partial charge on any atom is -0.371 e. The molecular weight excluding hydrogens is 182 g/mol. The molecule has 1 aromatic carbocycles. The Balaban J connectivity index is 2.27. The van der Waals surface area contributed by atoms with Gasteiger partial charge in [-0.05, 0) is 61.8 Å². The van der Waals surface area contributed by atoms with Crippen LogP contribution in [-0.4, -0.2) is 13.1 Å². The normalized spacial score (nSPS) is 18.9. The van der Waals surface area contributed by atoms with Gasteiger partial charge < -0.3 is 4.90 Å². The van der Waals surface area contributed by atoms with E-state index in [0.29, 0.717) is 0 Å². The Kier molecular flexibility index (Phi) is 2.01. The predicted molar refractivity (Wildman–Crippen MR) is 64.8 cm³/mol. The first kappa shape index (κ1) is 9.26. The molecule has 0 N–H and O–H groups in total. The lowest BCUT2D eigenvalue weighted by molar-refractivity contribution is 0.630. The van der Waals surface area contributed by atoms with E-state index in [0.717, 1.165) is 0 Å². The van der Waals surface area contributed by atoms with Crippen molar-refractivity contribution in [3.8, 4) is 0 Å². The van der Waals surface area contributed by atoms with Crippen LogP contribution in [0.3, 0.4) is 0 Å². The van der Waals surface area contributed by atoms with E-state index in [1.807, 2.05) is 0 Å². The van der Waals surface area contributed by atoms with Gasteiger partial charge in [0.1, 0.15) is 0 Å². The third-order valence-corrected chi connectivity index (χ3v) is 3.98. The molecule has 15 heavy (non-hydrogen) atoms. The smallest absolute Gasteiger partial charge is 0.0436 e. The minimum atomic E-state index is 1.28. The summed E-state index contributed by atoms with van der Waals surface area (Å²) in [6, 6.07) is 2.39. The monoisotopic (exact) mass is 201 g/mol. The summed E-state index contributed by atoms with van der Waals surface area (Å²) in [7, 11) is 0. The molecule has 0 bridgehead atoms. The molecule has 2 aliphatic rings. The maximum Gasteiger partial charge on any atom is 0.0436 e. The largest absolute Gasteiger partial charge is 0.371 e. The fourth-order valence-electron chi connectivity index (χ4n) is 3.30. The minimum absolute atomic E-state index is 1.28. The molecule has 0 spiro atoms. The van der Waals surface area contributed by atoms with Gasteiger partial charge in [0.05, 0.1) is 0 Å². The van der Waals surface area contributed by atoms with Crippen LogP contribution in [0.4, 0.5) is 5.69 Å². The molecule has 1 aromatic rings. The van der Waals surface area contributed by atoms with Crippen LogP contribution in [0.2, 0.25) is 0 Å². The molecule has 0 radical (unpaired) electrons. The second kappa shape index (κ2) is 3.26. The van der Waals surface area contributed by atoms with Crippen molar-refractivity contribution in [3.05, 3.63) is 28.3 Å². The number of hydrogen-bond acceptors (Lipinski definition) is 1. The van der Waals surface area contributed by atoms with Gasteiger partial charge >= 0.3 is 0 Å². The van der Waals surface area contributed by atoms with Gasteiger partial charge in [-0.25, -0.2) is 0 Å². The lowest BCUT2D eigenvalue weighted by Gasteiger charge is -2.38. The van der Waals surface area contributed by atoms with E-state index in [2.05, 4.69) is 24.8 Å². The van der Waals surface area contributed by atoms with Crippen LogP contribution in [0, 0.1) is 13.8 Å². The van der Waals surface area contributed by atoms with Gasteiger partial charge in [0, 0.05) is 18.8 Å². The maximum atomic E-state index is 2.62. The van der Waals surface area contributed by atoms with Gasteiger partial charge in [-0.1, -0.05) is 6.07 Å².